The quantitative estimate of drug-likeness (QED) is 0.460. The van der Waals surface area contributed by atoms with Gasteiger partial charge in [0.1, 0.15) is 0 Å². The minimum absolute atomic E-state index is 0.146. The Morgan fingerprint density at radius 3 is 2.25 bits per heavy atom. The summed E-state index contributed by atoms with van der Waals surface area (Å²) in [5.41, 5.74) is 1.19. The van der Waals surface area contributed by atoms with E-state index >= 15 is 0 Å². The summed E-state index contributed by atoms with van der Waals surface area (Å²) in [6.07, 6.45) is 0.630. The van der Waals surface area contributed by atoms with E-state index in [9.17, 15) is 20.4 Å². The second-order valence-electron chi connectivity index (χ2n) is 7.03. The van der Waals surface area contributed by atoms with Gasteiger partial charge in [-0.05, 0) is 55.9 Å². The van der Waals surface area contributed by atoms with Gasteiger partial charge in [0.05, 0.1) is 31.0 Å². The molecule has 1 fully saturated rings. The highest BCUT2D eigenvalue weighted by Crippen LogP contribution is 2.38. The molecule has 5 heteroatoms. The zero-order valence-corrected chi connectivity index (χ0v) is 14.0. The van der Waals surface area contributed by atoms with Crippen LogP contribution in [-0.2, 0) is 6.42 Å². The molecule has 0 bridgehead atoms. The van der Waals surface area contributed by atoms with Crippen LogP contribution in [0.1, 0.15) is 37.7 Å². The molecule has 0 spiro atoms. The van der Waals surface area contributed by atoms with Crippen LogP contribution in [0.2, 0.25) is 0 Å². The Bertz CT molecular complexity index is 466. The smallest absolute Gasteiger partial charge is 0.0774 e. The van der Waals surface area contributed by atoms with E-state index in [0.717, 1.165) is 6.42 Å². The first-order chi connectivity index (χ1) is 11.5. The zero-order valence-electron chi connectivity index (χ0n) is 14.0. The second-order valence-corrected chi connectivity index (χ2v) is 7.03. The third-order valence-electron chi connectivity index (χ3n) is 5.22. The minimum atomic E-state index is -0.875. The first-order valence-electron chi connectivity index (χ1n) is 8.88. The number of hydrogen-bond donors (Lipinski definition) is 5. The van der Waals surface area contributed by atoms with Crippen molar-refractivity contribution in [3.63, 3.8) is 0 Å². The van der Waals surface area contributed by atoms with E-state index in [1.54, 1.807) is 0 Å². The molecule has 24 heavy (non-hydrogen) atoms. The van der Waals surface area contributed by atoms with Crippen molar-refractivity contribution in [2.24, 2.45) is 11.8 Å². The maximum Gasteiger partial charge on any atom is 0.0774 e. The lowest BCUT2D eigenvalue weighted by atomic mass is 9.84. The Kier molecular flexibility index (Phi) is 7.65. The predicted molar refractivity (Wildman–Crippen MR) is 91.3 cm³/mol. The molecule has 5 nitrogen and oxygen atoms in total. The van der Waals surface area contributed by atoms with Crippen molar-refractivity contribution in [3.05, 3.63) is 35.9 Å². The fourth-order valence-corrected chi connectivity index (χ4v) is 3.80. The lowest BCUT2D eigenvalue weighted by Gasteiger charge is -2.26. The van der Waals surface area contributed by atoms with Gasteiger partial charge in [-0.2, -0.15) is 0 Å². The molecular formula is C19H30O5. The summed E-state index contributed by atoms with van der Waals surface area (Å²) < 4.78 is 0. The zero-order chi connectivity index (χ0) is 17.5. The summed E-state index contributed by atoms with van der Waals surface area (Å²) in [6.45, 7) is -0.342. The average molecular weight is 338 g/mol. The fourth-order valence-electron chi connectivity index (χ4n) is 3.80. The van der Waals surface area contributed by atoms with Gasteiger partial charge in [0.15, 0.2) is 0 Å². The Balaban J connectivity index is 1.79. The number of rotatable bonds is 9. The van der Waals surface area contributed by atoms with Gasteiger partial charge < -0.3 is 25.5 Å². The van der Waals surface area contributed by atoms with Crippen LogP contribution in [0.5, 0.6) is 0 Å². The van der Waals surface area contributed by atoms with Crippen molar-refractivity contribution >= 4 is 0 Å². The van der Waals surface area contributed by atoms with Gasteiger partial charge in [0.25, 0.3) is 0 Å². The van der Waals surface area contributed by atoms with Crippen LogP contribution in [-0.4, -0.2) is 56.6 Å². The molecule has 0 aromatic heterocycles. The molecule has 0 radical (unpaired) electrons. The highest BCUT2D eigenvalue weighted by Gasteiger charge is 2.42. The van der Waals surface area contributed by atoms with Gasteiger partial charge in [0.2, 0.25) is 0 Å². The van der Waals surface area contributed by atoms with Gasteiger partial charge in [0, 0.05) is 0 Å². The summed E-state index contributed by atoms with van der Waals surface area (Å²) >= 11 is 0. The maximum absolute atomic E-state index is 10.2. The summed E-state index contributed by atoms with van der Waals surface area (Å²) in [6, 6.07) is 10.0. The van der Waals surface area contributed by atoms with Crippen molar-refractivity contribution < 1.29 is 25.5 Å². The van der Waals surface area contributed by atoms with Crippen LogP contribution in [0.15, 0.2) is 30.3 Å². The van der Waals surface area contributed by atoms with E-state index in [1.165, 1.54) is 5.56 Å². The van der Waals surface area contributed by atoms with Crippen molar-refractivity contribution in [2.45, 2.75) is 62.9 Å². The molecule has 1 aliphatic rings. The lowest BCUT2D eigenvalue weighted by molar-refractivity contribution is 0.0263. The van der Waals surface area contributed by atoms with E-state index in [2.05, 4.69) is 0 Å². The van der Waals surface area contributed by atoms with Crippen molar-refractivity contribution in [2.75, 3.05) is 6.61 Å². The normalized spacial score (nSPS) is 29.5. The molecule has 136 valence electrons. The first-order valence-corrected chi connectivity index (χ1v) is 8.88. The van der Waals surface area contributed by atoms with Crippen LogP contribution >= 0.6 is 0 Å². The summed E-state index contributed by atoms with van der Waals surface area (Å²) in [5.74, 6) is -0.379. The van der Waals surface area contributed by atoms with Crippen molar-refractivity contribution in [1.29, 1.82) is 0 Å². The van der Waals surface area contributed by atoms with Gasteiger partial charge in [-0.15, -0.1) is 0 Å². The Hall–Kier alpha value is -0.980. The number of aryl methyl sites for hydroxylation is 1. The van der Waals surface area contributed by atoms with Crippen LogP contribution < -0.4 is 0 Å². The molecule has 1 saturated carbocycles. The number of aliphatic hydroxyl groups is 5. The van der Waals surface area contributed by atoms with Gasteiger partial charge >= 0.3 is 0 Å². The molecule has 2 rings (SSSR count). The highest BCUT2D eigenvalue weighted by atomic mass is 16.3. The van der Waals surface area contributed by atoms with E-state index in [0.29, 0.717) is 25.7 Å². The molecule has 0 amide bonds. The molecular weight excluding hydrogens is 308 g/mol. The largest absolute Gasteiger partial charge is 0.394 e. The Labute approximate surface area is 143 Å². The molecule has 1 aliphatic carbocycles. The SMILES string of the molecule is OCC(O)C[C@@H]1[C@@H](CC[C@@H](O)CCc2ccccc2)[C@H](O)C[C@@H]1O. The van der Waals surface area contributed by atoms with Crippen LogP contribution in [0.3, 0.4) is 0 Å². The van der Waals surface area contributed by atoms with E-state index < -0.39 is 24.4 Å². The van der Waals surface area contributed by atoms with Crippen molar-refractivity contribution in [1.82, 2.24) is 0 Å². The second kappa shape index (κ2) is 9.49. The number of benzene rings is 1. The molecule has 0 aliphatic heterocycles. The molecule has 5 N–H and O–H groups in total. The average Bonchev–Trinajstić information content (AvgIpc) is 2.85. The summed E-state index contributed by atoms with van der Waals surface area (Å²) in [7, 11) is 0. The van der Waals surface area contributed by atoms with Gasteiger partial charge in [-0.25, -0.2) is 0 Å². The Morgan fingerprint density at radius 2 is 1.58 bits per heavy atom. The third-order valence-corrected chi connectivity index (χ3v) is 5.22. The molecule has 1 aromatic carbocycles. The number of aliphatic hydroxyl groups excluding tert-OH is 5. The molecule has 0 saturated heterocycles. The summed E-state index contributed by atoms with van der Waals surface area (Å²) in [4.78, 5) is 0. The van der Waals surface area contributed by atoms with Crippen LogP contribution in [0, 0.1) is 11.8 Å². The summed E-state index contributed by atoms with van der Waals surface area (Å²) in [5, 5.41) is 49.1. The monoisotopic (exact) mass is 338 g/mol. The van der Waals surface area contributed by atoms with Crippen molar-refractivity contribution in [3.8, 4) is 0 Å². The van der Waals surface area contributed by atoms with E-state index in [-0.39, 0.29) is 24.9 Å². The first kappa shape index (κ1) is 19.3. The van der Waals surface area contributed by atoms with Gasteiger partial charge in [-0.1, -0.05) is 30.3 Å². The maximum atomic E-state index is 10.2. The minimum Gasteiger partial charge on any atom is -0.394 e. The third kappa shape index (κ3) is 5.53. The predicted octanol–water partition coefficient (Wildman–Crippen LogP) is 0.861. The molecule has 1 unspecified atom stereocenters. The van der Waals surface area contributed by atoms with Gasteiger partial charge in [-0.3, -0.25) is 0 Å². The number of hydrogen-bond acceptors (Lipinski definition) is 5. The van der Waals surface area contributed by atoms with Crippen LogP contribution in [0.25, 0.3) is 0 Å². The lowest BCUT2D eigenvalue weighted by Crippen LogP contribution is -2.29. The standard InChI is InChI=1S/C19H30O5/c20-12-15(22)10-17-16(18(23)11-19(17)24)9-8-14(21)7-6-13-4-2-1-3-5-13/h1-5,14-24H,6-12H2/t14-,15?,16+,17+,18+,19-/m0/s1. The molecule has 1 aromatic rings. The van der Waals surface area contributed by atoms with E-state index in [1.807, 2.05) is 30.3 Å². The molecule has 6 atom stereocenters. The molecule has 0 heterocycles. The fraction of sp³-hybridized carbons (Fsp3) is 0.684. The highest BCUT2D eigenvalue weighted by molar-refractivity contribution is 5.14. The Morgan fingerprint density at radius 1 is 0.917 bits per heavy atom. The van der Waals surface area contributed by atoms with Crippen LogP contribution in [0.4, 0.5) is 0 Å². The van der Waals surface area contributed by atoms with E-state index in [4.69, 9.17) is 5.11 Å². The topological polar surface area (TPSA) is 101 Å².